The molecule has 3 aliphatic rings. The zero-order valence-corrected chi connectivity index (χ0v) is 21.7. The van der Waals surface area contributed by atoms with E-state index in [4.69, 9.17) is 5.73 Å². The second kappa shape index (κ2) is 9.57. The number of aliphatic hydroxyl groups excluding tert-OH is 2. The van der Waals surface area contributed by atoms with Crippen LogP contribution in [0.3, 0.4) is 0 Å². The molecule has 1 heterocycles. The Kier molecular flexibility index (Phi) is 6.89. The molecule has 38 heavy (non-hydrogen) atoms. The second-order valence-corrected chi connectivity index (χ2v) is 9.85. The zero-order chi connectivity index (χ0) is 28.3. The fraction of sp³-hybridized carbons (Fsp3) is 0.360. The number of carbonyl (C=O) groups excluding carboxylic acids is 3. The molecule has 1 radical (unpaired) electrons. The Morgan fingerprint density at radius 3 is 2.45 bits per heavy atom. The Balaban J connectivity index is 0.00000164. The van der Waals surface area contributed by atoms with Crippen molar-refractivity contribution in [3.05, 3.63) is 52.6 Å². The molecule has 197 valence electrons. The van der Waals surface area contributed by atoms with Crippen LogP contribution in [-0.2, 0) is 27.9 Å². The third-order valence-corrected chi connectivity index (χ3v) is 7.62. The van der Waals surface area contributed by atoms with Crippen molar-refractivity contribution in [2.24, 2.45) is 24.6 Å². The van der Waals surface area contributed by atoms with Crippen molar-refractivity contribution in [2.75, 3.05) is 14.1 Å². The fourth-order valence-electron chi connectivity index (χ4n) is 6.07. The minimum atomic E-state index is -2.65. The summed E-state index contributed by atoms with van der Waals surface area (Å²) in [5.41, 5.74) is 3.76. The number of aromatic hydroxyl groups is 1. The predicted molar refractivity (Wildman–Crippen MR) is 140 cm³/mol. The molecule has 1 saturated carbocycles. The van der Waals surface area contributed by atoms with Gasteiger partial charge in [-0.25, -0.2) is 0 Å². The Labute approximate surface area is 224 Å². The molecule has 1 amide bonds. The van der Waals surface area contributed by atoms with E-state index < -0.39 is 58.0 Å². The summed E-state index contributed by atoms with van der Waals surface area (Å²) in [6, 6.07) is 1.97. The fourth-order valence-corrected chi connectivity index (χ4v) is 6.07. The molecule has 0 saturated heterocycles. The number of phenols is 1. The van der Waals surface area contributed by atoms with Gasteiger partial charge in [0, 0.05) is 30.3 Å². The first-order valence-corrected chi connectivity index (χ1v) is 12.1. The first-order valence-electron chi connectivity index (χ1n) is 11.6. The number of primary amides is 1. The van der Waals surface area contributed by atoms with E-state index in [0.29, 0.717) is 11.1 Å². The Hall–Kier alpha value is -3.68. The quantitative estimate of drug-likeness (QED) is 0.275. The van der Waals surface area contributed by atoms with E-state index in [2.05, 4.69) is 23.9 Å². The number of carbonyl (C=O) groups is 3. The Bertz CT molecular complexity index is 1450. The number of aliphatic hydroxyl groups is 3. The van der Waals surface area contributed by atoms with Gasteiger partial charge in [0.05, 0.1) is 17.8 Å². The maximum absolute atomic E-state index is 13.8. The van der Waals surface area contributed by atoms with E-state index in [1.165, 1.54) is 11.0 Å². The average Bonchev–Trinajstić information content (AvgIpc) is 3.28. The standard InChI is InChI=1S/C25H26N4O7.BS/c1-28(2)19-14-7-10-6-13-12(11-8-27-29(3)9-11)4-5-15(30)17(13)20(31)16(10)22(33)25(14,36)23(34)18(21(19)32)24(26)35;1-2/h4-5,8-10,14,19,30-31,34,36H,6-7H2,1-3H3,(H2,26,35);/t10-,14-,19-,25-;/m0./s1. The van der Waals surface area contributed by atoms with E-state index in [1.54, 1.807) is 44.3 Å². The number of hydrogen-bond donors (Lipinski definition) is 5. The summed E-state index contributed by atoms with van der Waals surface area (Å²) in [5, 5.41) is 48.6. The van der Waals surface area contributed by atoms with Crippen LogP contribution in [0.4, 0.5) is 0 Å². The molecule has 0 bridgehead atoms. The molecular formula is C25H26BN4O7S. The van der Waals surface area contributed by atoms with Gasteiger partial charge < -0.3 is 26.2 Å². The number of aryl methyl sites for hydroxylation is 1. The van der Waals surface area contributed by atoms with Crippen LogP contribution < -0.4 is 5.73 Å². The van der Waals surface area contributed by atoms with Crippen molar-refractivity contribution in [1.29, 1.82) is 0 Å². The maximum atomic E-state index is 13.8. The summed E-state index contributed by atoms with van der Waals surface area (Å²) >= 11 is 3.58. The molecular weight excluding hydrogens is 511 g/mol. The zero-order valence-electron chi connectivity index (χ0n) is 20.9. The number of benzene rings is 1. The first-order chi connectivity index (χ1) is 17.9. The number of aromatic nitrogens is 2. The number of phenolic OH excluding ortho intramolecular Hbond substituents is 1. The summed E-state index contributed by atoms with van der Waals surface area (Å²) in [7, 11) is 4.88. The van der Waals surface area contributed by atoms with Crippen molar-refractivity contribution in [3.63, 3.8) is 0 Å². The normalized spacial score (nSPS) is 26.4. The van der Waals surface area contributed by atoms with E-state index in [1.807, 2.05) is 0 Å². The summed E-state index contributed by atoms with van der Waals surface area (Å²) in [5.74, 6) is -6.71. The van der Waals surface area contributed by atoms with Gasteiger partial charge in [-0.15, -0.1) is 0 Å². The second-order valence-electron chi connectivity index (χ2n) is 9.85. The van der Waals surface area contributed by atoms with Crippen LogP contribution in [0.1, 0.15) is 17.5 Å². The van der Waals surface area contributed by atoms with Crippen molar-refractivity contribution in [3.8, 4) is 16.9 Å². The number of likely N-dealkylation sites (N-methyl/N-ethyl adjacent to an activating group) is 1. The molecule has 0 unspecified atom stereocenters. The minimum absolute atomic E-state index is 0.0356. The van der Waals surface area contributed by atoms with Crippen LogP contribution >= 0.6 is 12.1 Å². The third kappa shape index (κ3) is 3.72. The monoisotopic (exact) mass is 537 g/mol. The summed E-state index contributed by atoms with van der Waals surface area (Å²) in [6.45, 7) is 4.08. The molecule has 0 aliphatic heterocycles. The number of hydrogen-bond acceptors (Lipinski definition) is 10. The Morgan fingerprint density at radius 2 is 1.89 bits per heavy atom. The Morgan fingerprint density at radius 1 is 1.24 bits per heavy atom. The van der Waals surface area contributed by atoms with Crippen LogP contribution in [0.15, 0.2) is 41.4 Å². The summed E-state index contributed by atoms with van der Waals surface area (Å²) in [4.78, 5) is 40.5. The molecule has 11 nitrogen and oxygen atoms in total. The van der Waals surface area contributed by atoms with Gasteiger partial charge in [0.15, 0.2) is 11.4 Å². The molecule has 4 atom stereocenters. The number of amides is 1. The summed E-state index contributed by atoms with van der Waals surface area (Å²) < 4.78 is 1.61. The van der Waals surface area contributed by atoms with Gasteiger partial charge in [0.25, 0.3) is 5.91 Å². The van der Waals surface area contributed by atoms with Gasteiger partial charge in [-0.05, 0) is 50.0 Å². The van der Waals surface area contributed by atoms with E-state index >= 15 is 0 Å². The number of Topliss-reactive ketones (excluding diaryl/α,β-unsaturated/α-hetero) is 2. The van der Waals surface area contributed by atoms with E-state index in [-0.39, 0.29) is 29.7 Å². The van der Waals surface area contributed by atoms with Gasteiger partial charge in [-0.3, -0.25) is 24.0 Å². The van der Waals surface area contributed by atoms with Crippen LogP contribution in [0.5, 0.6) is 5.75 Å². The topological polar surface area (TPSA) is 179 Å². The number of nitrogens with two attached hydrogens (primary N) is 1. The van der Waals surface area contributed by atoms with E-state index in [9.17, 15) is 34.8 Å². The third-order valence-electron chi connectivity index (χ3n) is 7.62. The molecule has 13 heteroatoms. The number of rotatable bonds is 3. The molecule has 1 fully saturated rings. The van der Waals surface area contributed by atoms with Crippen molar-refractivity contribution in [1.82, 2.24) is 14.7 Å². The molecule has 2 aromatic rings. The van der Waals surface area contributed by atoms with Gasteiger partial charge >= 0.3 is 18.8 Å². The van der Waals surface area contributed by atoms with Gasteiger partial charge in [-0.2, -0.15) is 5.10 Å². The van der Waals surface area contributed by atoms with Crippen LogP contribution in [0.2, 0.25) is 0 Å². The van der Waals surface area contributed by atoms with Crippen molar-refractivity contribution < 1.29 is 34.8 Å². The molecule has 6 N–H and O–H groups in total. The molecule has 1 aromatic carbocycles. The molecule has 3 aliphatic carbocycles. The van der Waals surface area contributed by atoms with Crippen LogP contribution in [0, 0.1) is 11.8 Å². The van der Waals surface area contributed by atoms with Gasteiger partial charge in [0.1, 0.15) is 22.8 Å². The molecule has 0 spiro atoms. The van der Waals surface area contributed by atoms with Crippen molar-refractivity contribution in [2.45, 2.75) is 24.5 Å². The first kappa shape index (κ1) is 27.4. The van der Waals surface area contributed by atoms with Crippen LogP contribution in [-0.4, -0.2) is 85.0 Å². The van der Waals surface area contributed by atoms with Gasteiger partial charge in [-0.1, -0.05) is 6.07 Å². The summed E-state index contributed by atoms with van der Waals surface area (Å²) in [6.07, 6.45) is 3.68. The number of nitrogens with zero attached hydrogens (tertiary/aromatic N) is 3. The van der Waals surface area contributed by atoms with Crippen molar-refractivity contribution >= 4 is 42.0 Å². The predicted octanol–water partition coefficient (Wildman–Crippen LogP) is 0.632. The van der Waals surface area contributed by atoms with E-state index in [0.717, 1.165) is 5.56 Å². The number of ketones is 2. The van der Waals surface area contributed by atoms with Crippen LogP contribution in [0.25, 0.3) is 16.9 Å². The molecule has 5 rings (SSSR count). The molecule has 1 aromatic heterocycles. The average molecular weight is 537 g/mol. The van der Waals surface area contributed by atoms with Gasteiger partial charge in [0.2, 0.25) is 5.78 Å². The SMILES string of the molecule is CN(C)[C@@H]1C(=O)C(C(N)=O)=C(O)[C@@]2(O)C(=O)C3=C(O)c4c(O)ccc(-c5cnn(C)c5)c4C[C@H]3C[C@@H]12.[B]=S. The number of fused-ring (bicyclic) bond motifs is 3.